The number of amides is 1. The van der Waals surface area contributed by atoms with Gasteiger partial charge < -0.3 is 20.5 Å². The van der Waals surface area contributed by atoms with E-state index in [0.717, 1.165) is 74.9 Å². The van der Waals surface area contributed by atoms with Crippen LogP contribution in [-0.2, 0) is 0 Å². The summed E-state index contributed by atoms with van der Waals surface area (Å²) in [5.41, 5.74) is 9.56. The number of piperidine rings is 1. The number of carbonyl (C=O) groups excluding carboxylic acids is 2. The monoisotopic (exact) mass is 490 g/mol. The first kappa shape index (κ1) is 27.6. The molecule has 6 heteroatoms. The summed E-state index contributed by atoms with van der Waals surface area (Å²) >= 11 is 0. The number of carbonyl (C=O) groups is 2. The van der Waals surface area contributed by atoms with Crippen molar-refractivity contribution in [2.45, 2.75) is 46.5 Å². The summed E-state index contributed by atoms with van der Waals surface area (Å²) in [6.45, 7) is 11.3. The van der Waals surface area contributed by atoms with E-state index in [9.17, 15) is 9.59 Å². The van der Waals surface area contributed by atoms with Crippen molar-refractivity contribution >= 4 is 22.6 Å². The highest BCUT2D eigenvalue weighted by molar-refractivity contribution is 5.98. The molecule has 1 amide bonds. The minimum absolute atomic E-state index is 0.136. The maximum absolute atomic E-state index is 12.3. The van der Waals surface area contributed by atoms with Gasteiger partial charge in [0, 0.05) is 35.5 Å². The van der Waals surface area contributed by atoms with Crippen molar-refractivity contribution < 1.29 is 9.59 Å². The van der Waals surface area contributed by atoms with Crippen LogP contribution < -0.4 is 5.73 Å². The number of hydrogen-bond acceptors (Lipinski definition) is 4. The van der Waals surface area contributed by atoms with Crippen LogP contribution in [-0.4, -0.2) is 66.2 Å². The highest BCUT2D eigenvalue weighted by Gasteiger charge is 2.25. The van der Waals surface area contributed by atoms with Crippen LogP contribution in [0.25, 0.3) is 10.9 Å². The van der Waals surface area contributed by atoms with Crippen LogP contribution in [0.5, 0.6) is 0 Å². The number of Topliss-reactive ketones (excluding diaryl/α,β-unsaturated/α-hetero) is 1. The number of nitrogens with one attached hydrogen (secondary N) is 1. The van der Waals surface area contributed by atoms with E-state index in [1.54, 1.807) is 0 Å². The molecule has 0 unspecified atom stereocenters. The summed E-state index contributed by atoms with van der Waals surface area (Å²) in [7, 11) is 1.50. The number of aryl methyl sites for hydroxylation is 2. The molecule has 5 rings (SSSR count). The van der Waals surface area contributed by atoms with E-state index >= 15 is 0 Å². The molecule has 2 aliphatic heterocycles. The topological polar surface area (TPSA) is 82.4 Å². The van der Waals surface area contributed by atoms with E-state index in [1.807, 2.05) is 42.2 Å². The van der Waals surface area contributed by atoms with Crippen molar-refractivity contribution in [1.82, 2.24) is 14.8 Å². The molecule has 36 heavy (non-hydrogen) atoms. The average molecular weight is 491 g/mol. The average Bonchev–Trinajstić information content (AvgIpc) is 3.60. The number of aromatic nitrogens is 1. The van der Waals surface area contributed by atoms with Crippen molar-refractivity contribution in [3.8, 4) is 0 Å². The van der Waals surface area contributed by atoms with Gasteiger partial charge in [0.1, 0.15) is 5.69 Å². The zero-order chi connectivity index (χ0) is 26.1. The van der Waals surface area contributed by atoms with Crippen LogP contribution in [0, 0.1) is 19.8 Å². The third-order valence-electron chi connectivity index (χ3n) is 7.14. The second kappa shape index (κ2) is 13.4. The number of benzene rings is 2. The molecule has 6 nitrogen and oxygen atoms in total. The molecule has 0 spiro atoms. The van der Waals surface area contributed by atoms with Crippen molar-refractivity contribution in [2.75, 3.05) is 39.8 Å². The molecule has 3 N–H and O–H groups in total. The largest absolute Gasteiger partial charge is 0.351 e. The maximum Gasteiger partial charge on any atom is 0.270 e. The summed E-state index contributed by atoms with van der Waals surface area (Å²) in [4.78, 5) is 32.0. The Morgan fingerprint density at radius 1 is 0.889 bits per heavy atom. The van der Waals surface area contributed by atoms with E-state index in [-0.39, 0.29) is 11.8 Å². The minimum atomic E-state index is 0.136. The van der Waals surface area contributed by atoms with Gasteiger partial charge in [-0.2, -0.15) is 0 Å². The number of H-pyrrole nitrogens is 1. The zero-order valence-corrected chi connectivity index (χ0v) is 22.3. The van der Waals surface area contributed by atoms with Gasteiger partial charge in [0.25, 0.3) is 5.91 Å². The summed E-state index contributed by atoms with van der Waals surface area (Å²) in [6, 6.07) is 16.1. The molecular weight excluding hydrogens is 448 g/mol. The Bertz CT molecular complexity index is 1120. The Morgan fingerprint density at radius 3 is 2.11 bits per heavy atom. The smallest absolute Gasteiger partial charge is 0.270 e. The highest BCUT2D eigenvalue weighted by Crippen LogP contribution is 2.22. The van der Waals surface area contributed by atoms with Crippen molar-refractivity contribution in [3.63, 3.8) is 0 Å². The Kier molecular flexibility index (Phi) is 10.3. The first-order chi connectivity index (χ1) is 17.4. The number of ketones is 1. The number of nitrogens with two attached hydrogens (primary N) is 1. The number of hydrogen-bond donors (Lipinski definition) is 2. The predicted molar refractivity (Wildman–Crippen MR) is 149 cm³/mol. The third kappa shape index (κ3) is 7.05. The van der Waals surface area contributed by atoms with Gasteiger partial charge in [0.05, 0.1) is 0 Å². The summed E-state index contributed by atoms with van der Waals surface area (Å²) in [6.07, 6.45) is 4.29. The van der Waals surface area contributed by atoms with E-state index < -0.39 is 0 Å². The molecule has 2 aromatic carbocycles. The molecule has 0 saturated carbocycles. The first-order valence-corrected chi connectivity index (χ1v) is 13.2. The number of nitrogens with zero attached hydrogens (tertiary/aromatic N) is 2. The van der Waals surface area contributed by atoms with Crippen LogP contribution in [0.1, 0.15) is 64.6 Å². The predicted octanol–water partition coefficient (Wildman–Crippen LogP) is 5.20. The molecule has 2 fully saturated rings. The lowest BCUT2D eigenvalue weighted by Crippen LogP contribution is -2.36. The van der Waals surface area contributed by atoms with Crippen molar-refractivity contribution in [2.24, 2.45) is 11.7 Å². The van der Waals surface area contributed by atoms with E-state index in [2.05, 4.69) is 47.7 Å². The summed E-state index contributed by atoms with van der Waals surface area (Å²) in [5, 5.41) is 1.11. The normalized spacial score (nSPS) is 16.2. The number of fused-ring (bicyclic) bond motifs is 1. The fourth-order valence-electron chi connectivity index (χ4n) is 4.91. The second-order valence-electron chi connectivity index (χ2n) is 9.71. The van der Waals surface area contributed by atoms with Gasteiger partial charge in [-0.1, -0.05) is 48.9 Å². The van der Waals surface area contributed by atoms with Crippen molar-refractivity contribution in [1.29, 1.82) is 0 Å². The van der Waals surface area contributed by atoms with Crippen LogP contribution >= 0.6 is 0 Å². The lowest BCUT2D eigenvalue weighted by atomic mass is 9.88. The summed E-state index contributed by atoms with van der Waals surface area (Å²) in [5.74, 6) is 0.706. The molecule has 0 bridgehead atoms. The van der Waals surface area contributed by atoms with Crippen LogP contribution in [0.3, 0.4) is 0 Å². The van der Waals surface area contributed by atoms with Crippen LogP contribution in [0.15, 0.2) is 48.5 Å². The van der Waals surface area contributed by atoms with Crippen LogP contribution in [0.2, 0.25) is 0 Å². The SMILES string of the molecule is CCN1CCC(C(=O)c2ccc(C)cc2)CC1.CN.Cc1ccc2cc(C(=O)N3CCCC3)[nH]c2c1. The van der Waals surface area contributed by atoms with Gasteiger partial charge in [0.2, 0.25) is 0 Å². The van der Waals surface area contributed by atoms with Crippen molar-refractivity contribution in [3.05, 3.63) is 70.9 Å². The maximum atomic E-state index is 12.3. The van der Waals surface area contributed by atoms with Crippen LogP contribution in [0.4, 0.5) is 0 Å². The van der Waals surface area contributed by atoms with Gasteiger partial charge in [-0.3, -0.25) is 9.59 Å². The molecule has 3 aromatic rings. The Balaban J connectivity index is 0.000000188. The van der Waals surface area contributed by atoms with E-state index in [4.69, 9.17) is 0 Å². The zero-order valence-electron chi connectivity index (χ0n) is 22.3. The second-order valence-corrected chi connectivity index (χ2v) is 9.71. The van der Waals surface area contributed by atoms with Gasteiger partial charge in [-0.05, 0) is 83.9 Å². The molecule has 0 atom stereocenters. The fraction of sp³-hybridized carbons (Fsp3) is 0.467. The molecule has 0 radical (unpaired) electrons. The Labute approximate surface area is 215 Å². The molecule has 3 heterocycles. The molecule has 1 aromatic heterocycles. The lowest BCUT2D eigenvalue weighted by molar-refractivity contribution is 0.0787. The van der Waals surface area contributed by atoms with E-state index in [1.165, 1.54) is 18.2 Å². The van der Waals surface area contributed by atoms with Gasteiger partial charge in [-0.25, -0.2) is 0 Å². The number of aromatic amines is 1. The van der Waals surface area contributed by atoms with Gasteiger partial charge in [-0.15, -0.1) is 0 Å². The lowest BCUT2D eigenvalue weighted by Gasteiger charge is -2.30. The Morgan fingerprint density at radius 2 is 1.50 bits per heavy atom. The minimum Gasteiger partial charge on any atom is -0.351 e. The third-order valence-corrected chi connectivity index (χ3v) is 7.14. The highest BCUT2D eigenvalue weighted by atomic mass is 16.2. The first-order valence-electron chi connectivity index (χ1n) is 13.2. The standard InChI is InChI=1S/C15H21NO.C14H16N2O.CH5N/c1-3-16-10-8-14(9-11-16)15(17)13-6-4-12(2)5-7-13;1-10-4-5-11-9-13(15-12(11)8-10)14(17)16-6-2-3-7-16;1-2/h4-7,14H,3,8-11H2,1-2H3;4-5,8-9,15H,2-3,6-7H2,1H3;2H2,1H3. The summed E-state index contributed by atoms with van der Waals surface area (Å²) < 4.78 is 0. The molecular formula is C30H42N4O2. The van der Waals surface area contributed by atoms with E-state index in [0.29, 0.717) is 11.5 Å². The molecule has 194 valence electrons. The Hall–Kier alpha value is -2.96. The molecule has 2 aliphatic rings. The molecule has 0 aliphatic carbocycles. The van der Waals surface area contributed by atoms with Gasteiger partial charge >= 0.3 is 0 Å². The fourth-order valence-corrected chi connectivity index (χ4v) is 4.91. The van der Waals surface area contributed by atoms with Gasteiger partial charge in [0.15, 0.2) is 5.78 Å². The quantitative estimate of drug-likeness (QED) is 0.493. The number of rotatable bonds is 4. The molecule has 2 saturated heterocycles. The number of likely N-dealkylation sites (tertiary alicyclic amines) is 2.